The highest BCUT2D eigenvalue weighted by Gasteiger charge is 2.37. The van der Waals surface area contributed by atoms with Crippen molar-refractivity contribution in [1.29, 1.82) is 0 Å². The number of carbonyl (C=O) groups is 2. The second-order valence-electron chi connectivity index (χ2n) is 5.10. The molecule has 7 nitrogen and oxygen atoms in total. The molecule has 1 saturated heterocycles. The van der Waals surface area contributed by atoms with Crippen molar-refractivity contribution in [2.45, 2.75) is 11.1 Å². The number of sulfonamides is 1. The largest absolute Gasteiger partial charge is 0.481 e. The number of hydrogen-bond acceptors (Lipinski definition) is 5. The van der Waals surface area contributed by atoms with Crippen LogP contribution in [0.2, 0.25) is 4.34 Å². The fourth-order valence-electron chi connectivity index (χ4n) is 2.27. The predicted octanol–water partition coefficient (Wildman–Crippen LogP) is 0.859. The molecule has 1 aliphatic rings. The maximum Gasteiger partial charge on any atom is 0.308 e. The van der Waals surface area contributed by atoms with Crippen molar-refractivity contribution in [3.8, 4) is 0 Å². The lowest BCUT2D eigenvalue weighted by molar-refractivity contribution is -0.142. The van der Waals surface area contributed by atoms with Gasteiger partial charge in [0, 0.05) is 13.1 Å². The van der Waals surface area contributed by atoms with Gasteiger partial charge in [-0.2, -0.15) is 0 Å². The van der Waals surface area contributed by atoms with Gasteiger partial charge in [-0.1, -0.05) is 18.5 Å². The van der Waals surface area contributed by atoms with Crippen LogP contribution in [0.5, 0.6) is 0 Å². The zero-order valence-corrected chi connectivity index (χ0v) is 14.0. The number of carboxylic acids is 1. The van der Waals surface area contributed by atoms with Crippen molar-refractivity contribution >= 4 is 44.8 Å². The highest BCUT2D eigenvalue weighted by atomic mass is 35.5. The molecule has 0 aliphatic carbocycles. The van der Waals surface area contributed by atoms with Crippen LogP contribution in [0.4, 0.5) is 0 Å². The molecule has 0 aromatic carbocycles. The Morgan fingerprint density at radius 2 is 2.14 bits per heavy atom. The van der Waals surface area contributed by atoms with Crippen LogP contribution in [-0.4, -0.2) is 49.9 Å². The average molecular weight is 367 g/mol. The number of carboxylic acid groups (broad SMARTS) is 1. The topological polar surface area (TPSA) is 104 Å². The van der Waals surface area contributed by atoms with E-state index in [9.17, 15) is 18.0 Å². The van der Waals surface area contributed by atoms with Gasteiger partial charge in [0.25, 0.3) is 10.0 Å². The molecule has 0 radical (unpaired) electrons. The Labute approximate surface area is 136 Å². The van der Waals surface area contributed by atoms with Crippen molar-refractivity contribution in [2.24, 2.45) is 11.8 Å². The summed E-state index contributed by atoms with van der Waals surface area (Å²) in [6.45, 7) is 1.76. The molecule has 22 heavy (non-hydrogen) atoms. The molecule has 0 spiro atoms. The van der Waals surface area contributed by atoms with Crippen LogP contribution in [-0.2, 0) is 19.6 Å². The predicted molar refractivity (Wildman–Crippen MR) is 81.4 cm³/mol. The lowest BCUT2D eigenvalue weighted by Gasteiger charge is -2.16. The number of aliphatic carboxylic acids is 1. The Morgan fingerprint density at radius 3 is 2.64 bits per heavy atom. The highest BCUT2D eigenvalue weighted by molar-refractivity contribution is 7.91. The number of thiophene rings is 1. The van der Waals surface area contributed by atoms with Crippen molar-refractivity contribution in [1.82, 2.24) is 9.62 Å². The Morgan fingerprint density at radius 1 is 1.45 bits per heavy atom. The maximum atomic E-state index is 12.0. The lowest BCUT2D eigenvalue weighted by atomic mass is 9.99. The Balaban J connectivity index is 1.95. The van der Waals surface area contributed by atoms with Crippen molar-refractivity contribution in [3.05, 3.63) is 16.5 Å². The molecule has 1 amide bonds. The molecule has 1 aliphatic heterocycles. The van der Waals surface area contributed by atoms with E-state index in [1.807, 2.05) is 0 Å². The van der Waals surface area contributed by atoms with Crippen LogP contribution in [0.3, 0.4) is 0 Å². The minimum atomic E-state index is -3.79. The molecule has 122 valence electrons. The standard InChI is InChI=1S/C12H15ClN2O5S2/c1-7-5-15(6-8(7)12(17)18)10(16)4-14-22(19,20)11-3-2-9(13)21-11/h2-3,7-8,14H,4-6H2,1H3,(H,17,18)/t7-,8-/m1/s1. The summed E-state index contributed by atoms with van der Waals surface area (Å²) in [5.74, 6) is -2.16. The number of likely N-dealkylation sites (tertiary alicyclic amines) is 1. The van der Waals surface area contributed by atoms with Gasteiger partial charge in [-0.3, -0.25) is 9.59 Å². The number of halogens is 1. The Kier molecular flexibility index (Phi) is 5.10. The van der Waals surface area contributed by atoms with Gasteiger partial charge in [-0.05, 0) is 18.1 Å². The first-order chi connectivity index (χ1) is 10.2. The van der Waals surface area contributed by atoms with Gasteiger partial charge in [0.2, 0.25) is 5.91 Å². The first kappa shape index (κ1) is 17.2. The van der Waals surface area contributed by atoms with E-state index in [2.05, 4.69) is 4.72 Å². The number of carbonyl (C=O) groups excluding carboxylic acids is 1. The summed E-state index contributed by atoms with van der Waals surface area (Å²) in [5, 5.41) is 9.03. The first-order valence-corrected chi connectivity index (χ1v) is 9.14. The number of nitrogens with zero attached hydrogens (tertiary/aromatic N) is 1. The lowest BCUT2D eigenvalue weighted by Crippen LogP contribution is -2.39. The van der Waals surface area contributed by atoms with Crippen molar-refractivity contribution in [3.63, 3.8) is 0 Å². The smallest absolute Gasteiger partial charge is 0.308 e. The maximum absolute atomic E-state index is 12.0. The van der Waals surface area contributed by atoms with Crippen LogP contribution in [0, 0.1) is 11.8 Å². The molecule has 0 bridgehead atoms. The fraction of sp³-hybridized carbons (Fsp3) is 0.500. The third-order valence-electron chi connectivity index (χ3n) is 3.51. The summed E-state index contributed by atoms with van der Waals surface area (Å²) in [4.78, 5) is 24.4. The highest BCUT2D eigenvalue weighted by Crippen LogP contribution is 2.25. The third-order valence-corrected chi connectivity index (χ3v) is 6.63. The van der Waals surface area contributed by atoms with Gasteiger partial charge < -0.3 is 10.0 Å². The molecule has 1 aromatic heterocycles. The zero-order chi connectivity index (χ0) is 16.5. The molecular formula is C12H15ClN2O5S2. The van der Waals surface area contributed by atoms with Gasteiger partial charge in [0.15, 0.2) is 0 Å². The van der Waals surface area contributed by atoms with Crippen molar-refractivity contribution < 1.29 is 23.1 Å². The van der Waals surface area contributed by atoms with E-state index in [-0.39, 0.29) is 16.7 Å². The molecule has 1 fully saturated rings. The van der Waals surface area contributed by atoms with Crippen LogP contribution in [0.25, 0.3) is 0 Å². The normalized spacial score (nSPS) is 22.0. The van der Waals surface area contributed by atoms with Crippen LogP contribution in [0.15, 0.2) is 16.3 Å². The molecule has 2 rings (SSSR count). The van der Waals surface area contributed by atoms with E-state index < -0.39 is 34.4 Å². The summed E-state index contributed by atoms with van der Waals surface area (Å²) in [5.41, 5.74) is 0. The Bertz CT molecular complexity index is 687. The van der Waals surface area contributed by atoms with Crippen molar-refractivity contribution in [2.75, 3.05) is 19.6 Å². The van der Waals surface area contributed by atoms with Gasteiger partial charge >= 0.3 is 5.97 Å². The molecule has 2 N–H and O–H groups in total. The number of nitrogens with one attached hydrogen (secondary N) is 1. The van der Waals surface area contributed by atoms with E-state index in [4.69, 9.17) is 16.7 Å². The van der Waals surface area contributed by atoms with Gasteiger partial charge in [-0.15, -0.1) is 11.3 Å². The molecule has 0 unspecified atom stereocenters. The number of amides is 1. The quantitative estimate of drug-likeness (QED) is 0.804. The minimum Gasteiger partial charge on any atom is -0.481 e. The molecule has 1 aromatic rings. The number of hydrogen-bond donors (Lipinski definition) is 2. The molecule has 0 saturated carbocycles. The molecular weight excluding hydrogens is 352 g/mol. The molecule has 10 heteroatoms. The monoisotopic (exact) mass is 366 g/mol. The molecule has 2 atom stereocenters. The van der Waals surface area contributed by atoms with E-state index >= 15 is 0 Å². The summed E-state index contributed by atoms with van der Waals surface area (Å²) in [6.07, 6.45) is 0. The van der Waals surface area contributed by atoms with E-state index in [1.165, 1.54) is 17.0 Å². The van der Waals surface area contributed by atoms with E-state index in [0.717, 1.165) is 11.3 Å². The van der Waals surface area contributed by atoms with Gasteiger partial charge in [-0.25, -0.2) is 13.1 Å². The summed E-state index contributed by atoms with van der Waals surface area (Å²) in [6, 6.07) is 2.82. The zero-order valence-electron chi connectivity index (χ0n) is 11.7. The van der Waals surface area contributed by atoms with E-state index in [1.54, 1.807) is 6.92 Å². The van der Waals surface area contributed by atoms with E-state index in [0.29, 0.717) is 10.9 Å². The Hall–Kier alpha value is -1.16. The summed E-state index contributed by atoms with van der Waals surface area (Å²) >= 11 is 6.59. The summed E-state index contributed by atoms with van der Waals surface area (Å²) in [7, 11) is -3.79. The SMILES string of the molecule is C[C@@H]1CN(C(=O)CNS(=O)(=O)c2ccc(Cl)s2)C[C@H]1C(=O)O. The fourth-order valence-corrected chi connectivity index (χ4v) is 4.78. The third kappa shape index (κ3) is 3.78. The summed E-state index contributed by atoms with van der Waals surface area (Å²) < 4.78 is 26.5. The molecule has 2 heterocycles. The van der Waals surface area contributed by atoms with Gasteiger partial charge in [0.1, 0.15) is 4.21 Å². The first-order valence-electron chi connectivity index (χ1n) is 6.46. The second kappa shape index (κ2) is 6.53. The second-order valence-corrected chi connectivity index (χ2v) is 8.81. The van der Waals surface area contributed by atoms with Crippen LogP contribution in [0.1, 0.15) is 6.92 Å². The minimum absolute atomic E-state index is 0.0310. The van der Waals surface area contributed by atoms with Crippen LogP contribution >= 0.6 is 22.9 Å². The van der Waals surface area contributed by atoms with Gasteiger partial charge in [0.05, 0.1) is 16.8 Å². The number of rotatable bonds is 5. The average Bonchev–Trinajstić information content (AvgIpc) is 3.02. The van der Waals surface area contributed by atoms with Crippen LogP contribution < -0.4 is 4.72 Å².